The minimum Gasteiger partial charge on any atom is -0.388 e. The molecule has 1 aromatic rings. The standard InChI is InChI=1S/C14H22N4O/c1-10-5-8-17-13(11(10)12(15)16)18(2)9-14(19)6-3-4-7-14/h5,8,19H,3-4,6-7,9H2,1-2H3,(H3,15,16). The second kappa shape index (κ2) is 5.17. The lowest BCUT2D eigenvalue weighted by atomic mass is 10.0. The highest BCUT2D eigenvalue weighted by atomic mass is 16.3. The molecule has 0 amide bonds. The van der Waals surface area contributed by atoms with Gasteiger partial charge in [-0.3, -0.25) is 5.41 Å². The number of hydrogen-bond donors (Lipinski definition) is 3. The number of nitrogens with zero attached hydrogens (tertiary/aromatic N) is 2. The van der Waals surface area contributed by atoms with Crippen LogP contribution in [0.4, 0.5) is 5.82 Å². The molecule has 0 aromatic carbocycles. The molecule has 1 heterocycles. The van der Waals surface area contributed by atoms with Crippen molar-refractivity contribution in [2.24, 2.45) is 5.73 Å². The molecule has 19 heavy (non-hydrogen) atoms. The highest BCUT2D eigenvalue weighted by Gasteiger charge is 2.33. The van der Waals surface area contributed by atoms with Gasteiger partial charge in [-0.25, -0.2) is 4.98 Å². The van der Waals surface area contributed by atoms with Crippen LogP contribution >= 0.6 is 0 Å². The van der Waals surface area contributed by atoms with E-state index in [2.05, 4.69) is 4.98 Å². The van der Waals surface area contributed by atoms with E-state index < -0.39 is 5.60 Å². The summed E-state index contributed by atoms with van der Waals surface area (Å²) in [5.41, 5.74) is 6.61. The molecule has 0 spiro atoms. The number of amidine groups is 1. The lowest BCUT2D eigenvalue weighted by Gasteiger charge is -2.30. The molecular weight excluding hydrogens is 240 g/mol. The number of nitrogens with one attached hydrogen (secondary N) is 1. The number of aromatic nitrogens is 1. The van der Waals surface area contributed by atoms with Crippen LogP contribution in [-0.2, 0) is 0 Å². The Morgan fingerprint density at radius 1 is 1.53 bits per heavy atom. The molecule has 0 atom stereocenters. The zero-order valence-corrected chi connectivity index (χ0v) is 11.6. The molecular formula is C14H22N4O. The van der Waals surface area contributed by atoms with Crippen LogP contribution in [0.2, 0.25) is 0 Å². The number of aliphatic hydroxyl groups is 1. The first kappa shape index (κ1) is 13.8. The van der Waals surface area contributed by atoms with Crippen molar-refractivity contribution in [3.63, 3.8) is 0 Å². The maximum atomic E-state index is 10.5. The van der Waals surface area contributed by atoms with Crippen molar-refractivity contribution in [2.75, 3.05) is 18.5 Å². The average Bonchev–Trinajstić information content (AvgIpc) is 2.74. The summed E-state index contributed by atoms with van der Waals surface area (Å²) in [6, 6.07) is 1.85. The molecule has 4 N–H and O–H groups in total. The molecule has 5 nitrogen and oxygen atoms in total. The molecule has 0 unspecified atom stereocenters. The molecule has 104 valence electrons. The number of likely N-dealkylation sites (N-methyl/N-ethyl adjacent to an activating group) is 1. The van der Waals surface area contributed by atoms with Gasteiger partial charge in [-0.05, 0) is 31.4 Å². The van der Waals surface area contributed by atoms with Crippen LogP contribution in [0.25, 0.3) is 0 Å². The minimum absolute atomic E-state index is 0.0193. The summed E-state index contributed by atoms with van der Waals surface area (Å²) in [7, 11) is 1.89. The first-order chi connectivity index (χ1) is 8.93. The largest absolute Gasteiger partial charge is 0.388 e. The average molecular weight is 262 g/mol. The lowest BCUT2D eigenvalue weighted by molar-refractivity contribution is 0.0558. The van der Waals surface area contributed by atoms with Crippen LogP contribution in [0.5, 0.6) is 0 Å². The highest BCUT2D eigenvalue weighted by molar-refractivity contribution is 6.00. The van der Waals surface area contributed by atoms with Gasteiger partial charge in [-0.15, -0.1) is 0 Å². The quantitative estimate of drug-likeness (QED) is 0.565. The zero-order valence-electron chi connectivity index (χ0n) is 11.6. The van der Waals surface area contributed by atoms with Crippen LogP contribution in [0.15, 0.2) is 12.3 Å². The molecule has 1 aliphatic carbocycles. The van der Waals surface area contributed by atoms with Crippen LogP contribution in [0.1, 0.15) is 36.8 Å². The van der Waals surface area contributed by atoms with Gasteiger partial charge in [0.2, 0.25) is 0 Å². The van der Waals surface area contributed by atoms with E-state index in [9.17, 15) is 5.11 Å². The molecule has 0 aliphatic heterocycles. The fraction of sp³-hybridized carbons (Fsp3) is 0.571. The van der Waals surface area contributed by atoms with Gasteiger partial charge < -0.3 is 15.7 Å². The van der Waals surface area contributed by atoms with Crippen molar-refractivity contribution < 1.29 is 5.11 Å². The van der Waals surface area contributed by atoms with Crippen molar-refractivity contribution in [3.05, 3.63) is 23.4 Å². The topological polar surface area (TPSA) is 86.2 Å². The normalized spacial score (nSPS) is 17.4. The van der Waals surface area contributed by atoms with Crippen LogP contribution < -0.4 is 10.6 Å². The van der Waals surface area contributed by atoms with E-state index in [1.165, 1.54) is 0 Å². The number of pyridine rings is 1. The maximum absolute atomic E-state index is 10.5. The Hall–Kier alpha value is -1.62. The number of nitrogens with two attached hydrogens (primary N) is 1. The van der Waals surface area contributed by atoms with Crippen LogP contribution in [0, 0.1) is 12.3 Å². The van der Waals surface area contributed by atoms with Crippen LogP contribution in [-0.4, -0.2) is 35.1 Å². The van der Waals surface area contributed by atoms with Gasteiger partial charge in [-0.1, -0.05) is 12.8 Å². The van der Waals surface area contributed by atoms with Gasteiger partial charge in [0.15, 0.2) is 0 Å². The lowest BCUT2D eigenvalue weighted by Crippen LogP contribution is -2.40. The molecule has 1 aromatic heterocycles. The summed E-state index contributed by atoms with van der Waals surface area (Å²) >= 11 is 0. The van der Waals surface area contributed by atoms with E-state index in [0.29, 0.717) is 17.9 Å². The molecule has 5 heteroatoms. The Balaban J connectivity index is 2.26. The van der Waals surface area contributed by atoms with Gasteiger partial charge in [0, 0.05) is 19.8 Å². The van der Waals surface area contributed by atoms with E-state index >= 15 is 0 Å². The SMILES string of the molecule is Cc1ccnc(N(C)CC2(O)CCCC2)c1C(=N)N. The second-order valence-corrected chi connectivity index (χ2v) is 5.53. The number of anilines is 1. The summed E-state index contributed by atoms with van der Waals surface area (Å²) in [4.78, 5) is 6.24. The summed E-state index contributed by atoms with van der Waals surface area (Å²) in [6.07, 6.45) is 5.53. The number of aryl methyl sites for hydroxylation is 1. The molecule has 1 fully saturated rings. The maximum Gasteiger partial charge on any atom is 0.139 e. The predicted octanol–water partition coefficient (Wildman–Crippen LogP) is 1.42. The molecule has 0 bridgehead atoms. The Morgan fingerprint density at radius 2 is 2.16 bits per heavy atom. The molecule has 0 saturated heterocycles. The van der Waals surface area contributed by atoms with Crippen molar-refractivity contribution >= 4 is 11.7 Å². The van der Waals surface area contributed by atoms with Crippen molar-refractivity contribution in [1.29, 1.82) is 5.41 Å². The zero-order chi connectivity index (χ0) is 14.0. The fourth-order valence-corrected chi connectivity index (χ4v) is 2.87. The Labute approximate surface area is 114 Å². The second-order valence-electron chi connectivity index (χ2n) is 5.53. The minimum atomic E-state index is -0.631. The van der Waals surface area contributed by atoms with E-state index in [4.69, 9.17) is 11.1 Å². The third kappa shape index (κ3) is 2.87. The third-order valence-corrected chi connectivity index (χ3v) is 3.84. The summed E-state index contributed by atoms with van der Waals surface area (Å²) in [5.74, 6) is 0.693. The number of nitrogen functional groups attached to an aromatic ring is 1. The van der Waals surface area contributed by atoms with Gasteiger partial charge in [-0.2, -0.15) is 0 Å². The van der Waals surface area contributed by atoms with Gasteiger partial charge in [0.1, 0.15) is 11.7 Å². The highest BCUT2D eigenvalue weighted by Crippen LogP contribution is 2.31. The van der Waals surface area contributed by atoms with E-state index in [1.54, 1.807) is 6.20 Å². The molecule has 1 saturated carbocycles. The van der Waals surface area contributed by atoms with Gasteiger partial charge in [0.05, 0.1) is 11.2 Å². The van der Waals surface area contributed by atoms with Crippen molar-refractivity contribution in [2.45, 2.75) is 38.2 Å². The number of hydrogen-bond acceptors (Lipinski definition) is 4. The van der Waals surface area contributed by atoms with Gasteiger partial charge >= 0.3 is 0 Å². The summed E-state index contributed by atoms with van der Waals surface area (Å²) in [5, 5.41) is 18.2. The fourth-order valence-electron chi connectivity index (χ4n) is 2.87. The van der Waals surface area contributed by atoms with Gasteiger partial charge in [0.25, 0.3) is 0 Å². The van der Waals surface area contributed by atoms with E-state index in [1.807, 2.05) is 24.9 Å². The summed E-state index contributed by atoms with van der Waals surface area (Å²) in [6.45, 7) is 2.45. The first-order valence-electron chi connectivity index (χ1n) is 6.66. The van der Waals surface area contributed by atoms with E-state index in [-0.39, 0.29) is 5.84 Å². The Morgan fingerprint density at radius 3 is 2.74 bits per heavy atom. The first-order valence-corrected chi connectivity index (χ1v) is 6.66. The van der Waals surface area contributed by atoms with Crippen molar-refractivity contribution in [3.8, 4) is 0 Å². The van der Waals surface area contributed by atoms with Crippen molar-refractivity contribution in [1.82, 2.24) is 4.98 Å². The third-order valence-electron chi connectivity index (χ3n) is 3.84. The molecule has 0 radical (unpaired) electrons. The van der Waals surface area contributed by atoms with E-state index in [0.717, 1.165) is 31.2 Å². The number of rotatable bonds is 4. The van der Waals surface area contributed by atoms with Crippen LogP contribution in [0.3, 0.4) is 0 Å². The Kier molecular flexibility index (Phi) is 3.75. The Bertz CT molecular complexity index is 480. The smallest absolute Gasteiger partial charge is 0.139 e. The molecule has 1 aliphatic rings. The monoisotopic (exact) mass is 262 g/mol. The molecule has 2 rings (SSSR count). The predicted molar refractivity (Wildman–Crippen MR) is 76.7 cm³/mol. The summed E-state index contributed by atoms with van der Waals surface area (Å²) < 4.78 is 0.